The van der Waals surface area contributed by atoms with Gasteiger partial charge in [-0.15, -0.1) is 0 Å². The third-order valence-electron chi connectivity index (χ3n) is 3.29. The molecule has 0 aliphatic rings. The van der Waals surface area contributed by atoms with Gasteiger partial charge in [0.25, 0.3) is 5.91 Å². The van der Waals surface area contributed by atoms with Crippen LogP contribution in [-0.4, -0.2) is 26.7 Å². The smallest absolute Gasteiger partial charge is 0.258 e. The van der Waals surface area contributed by atoms with Crippen LogP contribution >= 0.6 is 0 Å². The van der Waals surface area contributed by atoms with Gasteiger partial charge in [0.05, 0.1) is 14.2 Å². The Morgan fingerprint density at radius 2 is 1.57 bits per heavy atom. The first kappa shape index (κ1) is 16.7. The van der Waals surface area contributed by atoms with Crippen LogP contribution in [0.25, 0.3) is 0 Å². The van der Waals surface area contributed by atoms with E-state index in [4.69, 9.17) is 14.2 Å². The number of ether oxygens (including phenoxy) is 3. The molecule has 2 rings (SSSR count). The largest absolute Gasteiger partial charge is 0.497 e. The molecule has 2 aromatic rings. The first-order valence-electron chi connectivity index (χ1n) is 7.29. The lowest BCUT2D eigenvalue weighted by Gasteiger charge is -2.10. The van der Waals surface area contributed by atoms with Crippen molar-refractivity contribution < 1.29 is 19.0 Å². The van der Waals surface area contributed by atoms with E-state index in [2.05, 4.69) is 5.32 Å². The molecule has 23 heavy (non-hydrogen) atoms. The van der Waals surface area contributed by atoms with E-state index in [-0.39, 0.29) is 12.5 Å². The van der Waals surface area contributed by atoms with E-state index < -0.39 is 0 Å². The number of aryl methyl sites for hydroxylation is 1. The minimum atomic E-state index is -0.188. The van der Waals surface area contributed by atoms with Gasteiger partial charge in [-0.3, -0.25) is 4.79 Å². The van der Waals surface area contributed by atoms with Crippen molar-refractivity contribution in [1.29, 1.82) is 0 Å². The van der Waals surface area contributed by atoms with Crippen LogP contribution in [-0.2, 0) is 11.3 Å². The zero-order chi connectivity index (χ0) is 16.7. The van der Waals surface area contributed by atoms with Gasteiger partial charge >= 0.3 is 0 Å². The Hall–Kier alpha value is -2.69. The van der Waals surface area contributed by atoms with Gasteiger partial charge in [-0.2, -0.15) is 0 Å². The minimum absolute atomic E-state index is 0.0236. The Kier molecular flexibility index (Phi) is 5.86. The predicted octanol–water partition coefficient (Wildman–Crippen LogP) is 2.71. The average Bonchev–Trinajstić information content (AvgIpc) is 2.59. The maximum Gasteiger partial charge on any atom is 0.258 e. The van der Waals surface area contributed by atoms with E-state index >= 15 is 0 Å². The molecule has 0 atom stereocenters. The second kappa shape index (κ2) is 8.08. The number of hydrogen-bond acceptors (Lipinski definition) is 4. The first-order chi connectivity index (χ1) is 11.1. The quantitative estimate of drug-likeness (QED) is 0.853. The molecule has 0 radical (unpaired) electrons. The van der Waals surface area contributed by atoms with Crippen LogP contribution in [0.4, 0.5) is 0 Å². The third-order valence-corrected chi connectivity index (χ3v) is 3.29. The summed E-state index contributed by atoms with van der Waals surface area (Å²) in [6.45, 7) is 2.35. The van der Waals surface area contributed by atoms with Crippen molar-refractivity contribution in [1.82, 2.24) is 5.32 Å². The maximum absolute atomic E-state index is 11.9. The van der Waals surface area contributed by atoms with Gasteiger partial charge in [0.2, 0.25) is 0 Å². The average molecular weight is 315 g/mol. The lowest BCUT2D eigenvalue weighted by molar-refractivity contribution is -0.123. The number of amides is 1. The Balaban J connectivity index is 1.85. The minimum Gasteiger partial charge on any atom is -0.497 e. The SMILES string of the molecule is COc1cc(CNC(=O)COc2ccc(C)cc2)cc(OC)c1. The van der Waals surface area contributed by atoms with Gasteiger partial charge in [-0.1, -0.05) is 17.7 Å². The molecule has 0 aliphatic heterocycles. The molecule has 0 saturated carbocycles. The van der Waals surface area contributed by atoms with Crippen molar-refractivity contribution in [3.63, 3.8) is 0 Å². The monoisotopic (exact) mass is 315 g/mol. The van der Waals surface area contributed by atoms with E-state index in [1.807, 2.05) is 43.3 Å². The lowest BCUT2D eigenvalue weighted by Crippen LogP contribution is -2.28. The van der Waals surface area contributed by atoms with Gasteiger partial charge in [-0.05, 0) is 36.8 Å². The standard InChI is InChI=1S/C18H21NO4/c1-13-4-6-15(7-5-13)23-12-18(20)19-11-14-8-16(21-2)10-17(9-14)22-3/h4-10H,11-12H2,1-3H3,(H,19,20). The summed E-state index contributed by atoms with van der Waals surface area (Å²) in [4.78, 5) is 11.9. The highest BCUT2D eigenvalue weighted by Gasteiger charge is 2.06. The Morgan fingerprint density at radius 1 is 0.957 bits per heavy atom. The second-order valence-corrected chi connectivity index (χ2v) is 5.10. The van der Waals surface area contributed by atoms with Crippen LogP contribution in [0.5, 0.6) is 17.2 Å². The van der Waals surface area contributed by atoms with Crippen LogP contribution < -0.4 is 19.5 Å². The number of methoxy groups -OCH3 is 2. The second-order valence-electron chi connectivity index (χ2n) is 5.10. The fraction of sp³-hybridized carbons (Fsp3) is 0.278. The number of hydrogen-bond donors (Lipinski definition) is 1. The summed E-state index contributed by atoms with van der Waals surface area (Å²) in [5.41, 5.74) is 2.04. The van der Waals surface area contributed by atoms with Crippen LogP contribution in [0, 0.1) is 6.92 Å². The fourth-order valence-corrected chi connectivity index (χ4v) is 2.00. The summed E-state index contributed by atoms with van der Waals surface area (Å²) in [7, 11) is 3.18. The Labute approximate surface area is 136 Å². The highest BCUT2D eigenvalue weighted by Crippen LogP contribution is 2.22. The molecule has 2 aromatic carbocycles. The topological polar surface area (TPSA) is 56.8 Å². The first-order valence-corrected chi connectivity index (χ1v) is 7.29. The van der Waals surface area contributed by atoms with E-state index in [1.165, 1.54) is 0 Å². The normalized spacial score (nSPS) is 10.0. The molecular weight excluding hydrogens is 294 g/mol. The molecule has 1 amide bonds. The molecule has 0 saturated heterocycles. The zero-order valence-electron chi connectivity index (χ0n) is 13.6. The van der Waals surface area contributed by atoms with Crippen molar-refractivity contribution >= 4 is 5.91 Å². The van der Waals surface area contributed by atoms with E-state index in [1.54, 1.807) is 20.3 Å². The molecule has 0 unspecified atom stereocenters. The van der Waals surface area contributed by atoms with Gasteiger partial charge in [0.15, 0.2) is 6.61 Å². The van der Waals surface area contributed by atoms with Gasteiger partial charge < -0.3 is 19.5 Å². The van der Waals surface area contributed by atoms with Crippen LogP contribution in [0.1, 0.15) is 11.1 Å². The van der Waals surface area contributed by atoms with Crippen molar-refractivity contribution in [2.75, 3.05) is 20.8 Å². The van der Waals surface area contributed by atoms with E-state index in [9.17, 15) is 4.79 Å². The molecule has 5 heteroatoms. The molecular formula is C18H21NO4. The molecule has 0 bridgehead atoms. The van der Waals surface area contributed by atoms with Crippen molar-refractivity contribution in [2.24, 2.45) is 0 Å². The van der Waals surface area contributed by atoms with E-state index in [0.29, 0.717) is 23.8 Å². The van der Waals surface area contributed by atoms with Crippen molar-refractivity contribution in [3.05, 3.63) is 53.6 Å². The van der Waals surface area contributed by atoms with Crippen molar-refractivity contribution in [3.8, 4) is 17.2 Å². The predicted molar refractivity (Wildman–Crippen MR) is 88.1 cm³/mol. The van der Waals surface area contributed by atoms with Gasteiger partial charge in [-0.25, -0.2) is 0 Å². The van der Waals surface area contributed by atoms with Crippen LogP contribution in [0.3, 0.4) is 0 Å². The van der Waals surface area contributed by atoms with Crippen LogP contribution in [0.15, 0.2) is 42.5 Å². The molecule has 0 fully saturated rings. The molecule has 122 valence electrons. The number of carbonyl (C=O) groups excluding carboxylic acids is 1. The maximum atomic E-state index is 11.9. The Morgan fingerprint density at radius 3 is 2.13 bits per heavy atom. The summed E-state index contributed by atoms with van der Waals surface area (Å²) < 4.78 is 15.8. The molecule has 0 aliphatic carbocycles. The number of benzene rings is 2. The third kappa shape index (κ3) is 5.21. The zero-order valence-corrected chi connectivity index (χ0v) is 13.6. The fourth-order valence-electron chi connectivity index (χ4n) is 2.00. The van der Waals surface area contributed by atoms with Gasteiger partial charge in [0, 0.05) is 12.6 Å². The summed E-state index contributed by atoms with van der Waals surface area (Å²) >= 11 is 0. The molecule has 5 nitrogen and oxygen atoms in total. The highest BCUT2D eigenvalue weighted by atomic mass is 16.5. The lowest BCUT2D eigenvalue weighted by atomic mass is 10.2. The van der Waals surface area contributed by atoms with E-state index in [0.717, 1.165) is 11.1 Å². The highest BCUT2D eigenvalue weighted by molar-refractivity contribution is 5.77. The van der Waals surface area contributed by atoms with Crippen molar-refractivity contribution in [2.45, 2.75) is 13.5 Å². The Bertz CT molecular complexity index is 630. The summed E-state index contributed by atoms with van der Waals surface area (Å²) in [5, 5.41) is 2.81. The number of nitrogens with one attached hydrogen (secondary N) is 1. The van der Waals surface area contributed by atoms with Crippen LogP contribution in [0.2, 0.25) is 0 Å². The molecule has 0 spiro atoms. The summed E-state index contributed by atoms with van der Waals surface area (Å²) in [5.74, 6) is 1.86. The summed E-state index contributed by atoms with van der Waals surface area (Å²) in [6.07, 6.45) is 0. The molecule has 0 aromatic heterocycles. The molecule has 1 N–H and O–H groups in total. The molecule has 0 heterocycles. The number of rotatable bonds is 7. The number of carbonyl (C=O) groups is 1. The summed E-state index contributed by atoms with van der Waals surface area (Å²) in [6, 6.07) is 13.1. The van der Waals surface area contributed by atoms with Gasteiger partial charge in [0.1, 0.15) is 17.2 Å².